The zero-order valence-electron chi connectivity index (χ0n) is 17.7. The Bertz CT molecular complexity index is 990. The first-order valence-electron chi connectivity index (χ1n) is 9.94. The van der Waals surface area contributed by atoms with Gasteiger partial charge in [-0.15, -0.1) is 0 Å². The van der Waals surface area contributed by atoms with Gasteiger partial charge in [0.05, 0.1) is 17.9 Å². The van der Waals surface area contributed by atoms with Gasteiger partial charge in [-0.3, -0.25) is 9.59 Å². The molecule has 0 bridgehead atoms. The highest BCUT2D eigenvalue weighted by atomic mass is 35.5. The standard InChI is InChI=1S/C22H27ClN2O5S/c1-4-30-21(26)14-16-5-9-18(10-6-16)24-22(27)20(13-15(2)3)25-31(28,29)19-11-7-17(23)8-12-19/h5-12,15,20,25H,4,13-14H2,1-3H3,(H,24,27)/t20-/m0/s1. The lowest BCUT2D eigenvalue weighted by atomic mass is 10.0. The molecule has 7 nitrogen and oxygen atoms in total. The van der Waals surface area contributed by atoms with E-state index in [1.54, 1.807) is 31.2 Å². The molecule has 0 aliphatic heterocycles. The summed E-state index contributed by atoms with van der Waals surface area (Å²) in [6, 6.07) is 11.5. The minimum atomic E-state index is -3.91. The van der Waals surface area contributed by atoms with E-state index in [1.807, 2.05) is 13.8 Å². The van der Waals surface area contributed by atoms with Crippen molar-refractivity contribution in [3.05, 3.63) is 59.1 Å². The SMILES string of the molecule is CCOC(=O)Cc1ccc(NC(=O)[C@H](CC(C)C)NS(=O)(=O)c2ccc(Cl)cc2)cc1. The van der Waals surface area contributed by atoms with Gasteiger partial charge in [-0.2, -0.15) is 4.72 Å². The summed E-state index contributed by atoms with van der Waals surface area (Å²) in [6.45, 7) is 5.86. The summed E-state index contributed by atoms with van der Waals surface area (Å²) >= 11 is 5.83. The second kappa shape index (κ2) is 11.3. The molecule has 0 aliphatic carbocycles. The first-order chi connectivity index (χ1) is 14.6. The van der Waals surface area contributed by atoms with E-state index >= 15 is 0 Å². The summed E-state index contributed by atoms with van der Waals surface area (Å²) < 4.78 is 32.8. The second-order valence-corrected chi connectivity index (χ2v) is 9.58. The smallest absolute Gasteiger partial charge is 0.310 e. The maximum absolute atomic E-state index is 12.8. The van der Waals surface area contributed by atoms with Crippen LogP contribution in [0.4, 0.5) is 5.69 Å². The third kappa shape index (κ3) is 7.97. The first-order valence-corrected chi connectivity index (χ1v) is 11.8. The lowest BCUT2D eigenvalue weighted by Crippen LogP contribution is -2.44. The van der Waals surface area contributed by atoms with Gasteiger partial charge >= 0.3 is 5.97 Å². The number of carbonyl (C=O) groups excluding carboxylic acids is 2. The average molecular weight is 467 g/mol. The molecule has 0 fully saturated rings. The third-order valence-corrected chi connectivity index (χ3v) is 6.06. The molecule has 31 heavy (non-hydrogen) atoms. The molecule has 0 heterocycles. The number of halogens is 1. The highest BCUT2D eigenvalue weighted by Crippen LogP contribution is 2.17. The Morgan fingerprint density at radius 1 is 1.03 bits per heavy atom. The first kappa shape index (κ1) is 24.8. The van der Waals surface area contributed by atoms with Crippen molar-refractivity contribution < 1.29 is 22.7 Å². The number of hydrogen-bond donors (Lipinski definition) is 2. The summed E-state index contributed by atoms with van der Waals surface area (Å²) in [6.07, 6.45) is 0.457. The van der Waals surface area contributed by atoms with Crippen molar-refractivity contribution in [3.8, 4) is 0 Å². The molecule has 0 radical (unpaired) electrons. The molecule has 1 atom stereocenters. The lowest BCUT2D eigenvalue weighted by Gasteiger charge is -2.20. The molecule has 0 unspecified atom stereocenters. The fourth-order valence-electron chi connectivity index (χ4n) is 2.86. The van der Waals surface area contributed by atoms with E-state index in [1.165, 1.54) is 24.3 Å². The average Bonchev–Trinajstić information content (AvgIpc) is 2.69. The number of sulfonamides is 1. The van der Waals surface area contributed by atoms with Crippen LogP contribution in [0.1, 0.15) is 32.8 Å². The van der Waals surface area contributed by atoms with Crippen molar-refractivity contribution in [1.29, 1.82) is 0 Å². The van der Waals surface area contributed by atoms with E-state index in [2.05, 4.69) is 10.0 Å². The van der Waals surface area contributed by atoms with Crippen molar-refractivity contribution in [3.63, 3.8) is 0 Å². The summed E-state index contributed by atoms with van der Waals surface area (Å²) in [7, 11) is -3.91. The Morgan fingerprint density at radius 3 is 2.19 bits per heavy atom. The van der Waals surface area contributed by atoms with Gasteiger partial charge < -0.3 is 10.1 Å². The van der Waals surface area contributed by atoms with E-state index in [9.17, 15) is 18.0 Å². The van der Waals surface area contributed by atoms with E-state index in [0.717, 1.165) is 5.56 Å². The zero-order chi connectivity index (χ0) is 23.0. The lowest BCUT2D eigenvalue weighted by molar-refractivity contribution is -0.142. The minimum absolute atomic E-state index is 0.0294. The van der Waals surface area contributed by atoms with Crippen molar-refractivity contribution in [2.75, 3.05) is 11.9 Å². The van der Waals surface area contributed by atoms with Gasteiger partial charge in [0.2, 0.25) is 15.9 Å². The van der Waals surface area contributed by atoms with Crippen LogP contribution >= 0.6 is 11.6 Å². The van der Waals surface area contributed by atoms with Crippen molar-refractivity contribution in [1.82, 2.24) is 4.72 Å². The summed E-state index contributed by atoms with van der Waals surface area (Å²) in [5.74, 6) is -0.715. The number of esters is 1. The van der Waals surface area contributed by atoms with Crippen LogP contribution in [-0.2, 0) is 30.8 Å². The molecule has 0 aliphatic rings. The van der Waals surface area contributed by atoms with Gasteiger partial charge in [0.1, 0.15) is 6.04 Å². The fraction of sp³-hybridized carbons (Fsp3) is 0.364. The van der Waals surface area contributed by atoms with E-state index in [-0.39, 0.29) is 23.2 Å². The Hall–Kier alpha value is -2.42. The predicted octanol–water partition coefficient (Wildman–Crippen LogP) is 3.78. The topological polar surface area (TPSA) is 102 Å². The Labute approximate surface area is 188 Å². The van der Waals surface area contributed by atoms with Gasteiger partial charge in [0, 0.05) is 10.7 Å². The Balaban J connectivity index is 2.10. The number of hydrogen-bond acceptors (Lipinski definition) is 5. The van der Waals surface area contributed by atoms with Crippen molar-refractivity contribution in [2.24, 2.45) is 5.92 Å². The molecular weight excluding hydrogens is 440 g/mol. The number of anilines is 1. The van der Waals surface area contributed by atoms with Crippen molar-refractivity contribution in [2.45, 2.75) is 44.6 Å². The van der Waals surface area contributed by atoms with Crippen LogP contribution in [0.15, 0.2) is 53.4 Å². The van der Waals surface area contributed by atoms with Crippen LogP contribution in [0.3, 0.4) is 0 Å². The minimum Gasteiger partial charge on any atom is -0.466 e. The largest absolute Gasteiger partial charge is 0.466 e. The predicted molar refractivity (Wildman–Crippen MR) is 120 cm³/mol. The Kier molecular flexibility index (Phi) is 9.03. The molecule has 2 aromatic carbocycles. The van der Waals surface area contributed by atoms with Gasteiger partial charge in [0.25, 0.3) is 0 Å². The van der Waals surface area contributed by atoms with E-state index in [0.29, 0.717) is 23.7 Å². The number of rotatable bonds is 10. The maximum Gasteiger partial charge on any atom is 0.310 e. The molecule has 0 aromatic heterocycles. The molecule has 168 valence electrons. The summed E-state index contributed by atoms with van der Waals surface area (Å²) in [4.78, 5) is 24.4. The summed E-state index contributed by atoms with van der Waals surface area (Å²) in [5.41, 5.74) is 1.25. The molecule has 2 rings (SSSR count). The molecule has 0 saturated heterocycles. The molecular formula is C22H27ClN2O5S. The van der Waals surface area contributed by atoms with Crippen LogP contribution < -0.4 is 10.0 Å². The van der Waals surface area contributed by atoms with Crippen molar-refractivity contribution >= 4 is 39.2 Å². The number of benzene rings is 2. The number of carbonyl (C=O) groups is 2. The highest BCUT2D eigenvalue weighted by molar-refractivity contribution is 7.89. The number of nitrogens with one attached hydrogen (secondary N) is 2. The summed E-state index contributed by atoms with van der Waals surface area (Å²) in [5, 5.41) is 3.15. The highest BCUT2D eigenvalue weighted by Gasteiger charge is 2.26. The molecule has 2 aromatic rings. The molecule has 2 N–H and O–H groups in total. The van der Waals surface area contributed by atoms with Gasteiger partial charge in [-0.25, -0.2) is 8.42 Å². The molecule has 0 spiro atoms. The van der Waals surface area contributed by atoms with Crippen LogP contribution in [0, 0.1) is 5.92 Å². The van der Waals surface area contributed by atoms with E-state index < -0.39 is 22.0 Å². The van der Waals surface area contributed by atoms with Crippen LogP contribution in [-0.4, -0.2) is 32.9 Å². The zero-order valence-corrected chi connectivity index (χ0v) is 19.3. The molecule has 9 heteroatoms. The van der Waals surface area contributed by atoms with E-state index in [4.69, 9.17) is 16.3 Å². The molecule has 1 amide bonds. The van der Waals surface area contributed by atoms with Gasteiger partial charge in [0.15, 0.2) is 0 Å². The van der Waals surface area contributed by atoms with Gasteiger partial charge in [-0.1, -0.05) is 37.6 Å². The fourth-order valence-corrected chi connectivity index (χ4v) is 4.20. The quantitative estimate of drug-likeness (QED) is 0.519. The normalized spacial score (nSPS) is 12.4. The van der Waals surface area contributed by atoms with Crippen LogP contribution in [0.25, 0.3) is 0 Å². The Morgan fingerprint density at radius 2 is 1.65 bits per heavy atom. The number of amides is 1. The van der Waals surface area contributed by atoms with Crippen LogP contribution in [0.2, 0.25) is 5.02 Å². The maximum atomic E-state index is 12.8. The monoisotopic (exact) mass is 466 g/mol. The molecule has 0 saturated carbocycles. The third-order valence-electron chi connectivity index (χ3n) is 4.32. The van der Waals surface area contributed by atoms with Crippen LogP contribution in [0.5, 0.6) is 0 Å². The number of ether oxygens (including phenoxy) is 1. The second-order valence-electron chi connectivity index (χ2n) is 7.43. The van der Waals surface area contributed by atoms with Gasteiger partial charge in [-0.05, 0) is 61.2 Å².